The van der Waals surface area contributed by atoms with Gasteiger partial charge in [0, 0.05) is 12.8 Å². The van der Waals surface area contributed by atoms with Crippen LogP contribution in [0.2, 0.25) is 0 Å². The summed E-state index contributed by atoms with van der Waals surface area (Å²) < 4.78 is 5.32. The third kappa shape index (κ3) is 2.89. The van der Waals surface area contributed by atoms with Gasteiger partial charge in [0.25, 0.3) is 0 Å². The van der Waals surface area contributed by atoms with Crippen molar-refractivity contribution in [1.82, 2.24) is 10.3 Å². The molecule has 1 aromatic heterocycles. The van der Waals surface area contributed by atoms with E-state index in [0.29, 0.717) is 12.3 Å². The SMILES string of the molecule is O=CCc1coc(CC2CCCNC2)n1. The summed E-state index contributed by atoms with van der Waals surface area (Å²) in [6.45, 7) is 2.17. The van der Waals surface area contributed by atoms with Gasteiger partial charge in [0.1, 0.15) is 12.5 Å². The van der Waals surface area contributed by atoms with E-state index in [-0.39, 0.29) is 0 Å². The summed E-state index contributed by atoms with van der Waals surface area (Å²) in [6, 6.07) is 0. The van der Waals surface area contributed by atoms with Crippen molar-refractivity contribution in [2.24, 2.45) is 5.92 Å². The van der Waals surface area contributed by atoms with Crippen molar-refractivity contribution in [2.45, 2.75) is 25.7 Å². The standard InChI is InChI=1S/C11H16N2O2/c14-5-3-10-8-15-11(13-10)6-9-2-1-4-12-7-9/h5,8-9,12H,1-4,6-7H2. The minimum atomic E-state index is 0.354. The lowest BCUT2D eigenvalue weighted by Gasteiger charge is -2.21. The molecule has 4 nitrogen and oxygen atoms in total. The molecule has 1 N–H and O–H groups in total. The van der Waals surface area contributed by atoms with Crippen molar-refractivity contribution in [2.75, 3.05) is 13.1 Å². The monoisotopic (exact) mass is 208 g/mol. The summed E-state index contributed by atoms with van der Waals surface area (Å²) in [7, 11) is 0. The van der Waals surface area contributed by atoms with Crippen LogP contribution < -0.4 is 5.32 Å². The second kappa shape index (κ2) is 5.07. The Balaban J connectivity index is 1.88. The predicted molar refractivity (Wildman–Crippen MR) is 55.6 cm³/mol. The zero-order valence-corrected chi connectivity index (χ0v) is 8.74. The molecule has 1 fully saturated rings. The van der Waals surface area contributed by atoms with Gasteiger partial charge in [-0.2, -0.15) is 0 Å². The number of nitrogens with zero attached hydrogens (tertiary/aromatic N) is 1. The van der Waals surface area contributed by atoms with Gasteiger partial charge < -0.3 is 14.5 Å². The Bertz CT molecular complexity index is 316. The van der Waals surface area contributed by atoms with Gasteiger partial charge in [-0.15, -0.1) is 0 Å². The molecular formula is C11H16N2O2. The van der Waals surface area contributed by atoms with Crippen LogP contribution in [0.3, 0.4) is 0 Å². The van der Waals surface area contributed by atoms with Crippen molar-refractivity contribution in [3.8, 4) is 0 Å². The van der Waals surface area contributed by atoms with Crippen molar-refractivity contribution < 1.29 is 9.21 Å². The Morgan fingerprint density at radius 3 is 3.33 bits per heavy atom. The normalized spacial score (nSPS) is 21.5. The summed E-state index contributed by atoms with van der Waals surface area (Å²) in [5, 5.41) is 3.36. The van der Waals surface area contributed by atoms with E-state index in [2.05, 4.69) is 10.3 Å². The van der Waals surface area contributed by atoms with Gasteiger partial charge in [0.15, 0.2) is 5.89 Å². The van der Waals surface area contributed by atoms with E-state index in [1.165, 1.54) is 12.8 Å². The van der Waals surface area contributed by atoms with E-state index in [1.54, 1.807) is 6.26 Å². The molecule has 2 heterocycles. The van der Waals surface area contributed by atoms with Crippen molar-refractivity contribution in [3.05, 3.63) is 17.8 Å². The number of oxazole rings is 1. The Kier molecular flexibility index (Phi) is 3.50. The zero-order valence-electron chi connectivity index (χ0n) is 8.74. The van der Waals surface area contributed by atoms with Gasteiger partial charge in [-0.1, -0.05) is 0 Å². The van der Waals surface area contributed by atoms with E-state index in [4.69, 9.17) is 4.42 Å². The molecule has 1 aromatic rings. The number of piperidine rings is 1. The third-order valence-corrected chi connectivity index (χ3v) is 2.75. The van der Waals surface area contributed by atoms with Crippen molar-refractivity contribution in [1.29, 1.82) is 0 Å². The Morgan fingerprint density at radius 1 is 1.67 bits per heavy atom. The van der Waals surface area contributed by atoms with Crippen LogP contribution in [0.25, 0.3) is 0 Å². The largest absolute Gasteiger partial charge is 0.449 e. The second-order valence-corrected chi connectivity index (χ2v) is 4.02. The highest BCUT2D eigenvalue weighted by Gasteiger charge is 2.16. The van der Waals surface area contributed by atoms with Crippen molar-refractivity contribution >= 4 is 6.29 Å². The van der Waals surface area contributed by atoms with E-state index in [0.717, 1.165) is 37.4 Å². The van der Waals surface area contributed by atoms with Gasteiger partial charge in [-0.3, -0.25) is 0 Å². The average molecular weight is 208 g/mol. The number of carbonyl (C=O) groups excluding carboxylic acids is 1. The third-order valence-electron chi connectivity index (χ3n) is 2.75. The topological polar surface area (TPSA) is 55.1 Å². The molecule has 0 amide bonds. The van der Waals surface area contributed by atoms with Crippen LogP contribution in [0.15, 0.2) is 10.7 Å². The Morgan fingerprint density at radius 2 is 2.60 bits per heavy atom. The molecule has 2 rings (SSSR count). The minimum absolute atomic E-state index is 0.354. The second-order valence-electron chi connectivity index (χ2n) is 4.02. The molecule has 0 spiro atoms. The fourth-order valence-corrected chi connectivity index (χ4v) is 1.97. The first kappa shape index (κ1) is 10.4. The minimum Gasteiger partial charge on any atom is -0.449 e. The van der Waals surface area contributed by atoms with Crippen LogP contribution in [-0.2, 0) is 17.6 Å². The maximum atomic E-state index is 10.3. The molecule has 15 heavy (non-hydrogen) atoms. The molecule has 82 valence electrons. The molecule has 0 bridgehead atoms. The van der Waals surface area contributed by atoms with Gasteiger partial charge in [-0.05, 0) is 31.8 Å². The van der Waals surface area contributed by atoms with Crippen LogP contribution in [0, 0.1) is 5.92 Å². The first-order valence-corrected chi connectivity index (χ1v) is 5.46. The highest BCUT2D eigenvalue weighted by molar-refractivity contribution is 5.53. The van der Waals surface area contributed by atoms with Crippen LogP contribution in [0.1, 0.15) is 24.4 Å². The van der Waals surface area contributed by atoms with Gasteiger partial charge in [0.05, 0.1) is 5.69 Å². The van der Waals surface area contributed by atoms with E-state index in [9.17, 15) is 4.79 Å². The fourth-order valence-electron chi connectivity index (χ4n) is 1.97. The molecule has 1 aliphatic rings. The lowest BCUT2D eigenvalue weighted by atomic mass is 9.96. The zero-order chi connectivity index (χ0) is 10.5. The molecule has 0 radical (unpaired) electrons. The molecule has 0 aliphatic carbocycles. The van der Waals surface area contributed by atoms with Crippen molar-refractivity contribution in [3.63, 3.8) is 0 Å². The Hall–Kier alpha value is -1.16. The number of aldehydes is 1. The number of nitrogens with one attached hydrogen (secondary N) is 1. The molecule has 0 saturated carbocycles. The molecule has 1 atom stereocenters. The van der Waals surface area contributed by atoms with Crippen LogP contribution >= 0.6 is 0 Å². The summed E-state index contributed by atoms with van der Waals surface area (Å²) in [5.41, 5.74) is 0.740. The van der Waals surface area contributed by atoms with Gasteiger partial charge in [-0.25, -0.2) is 4.98 Å². The number of hydrogen-bond donors (Lipinski definition) is 1. The van der Waals surface area contributed by atoms with Gasteiger partial charge >= 0.3 is 0 Å². The predicted octanol–water partition coefficient (Wildman–Crippen LogP) is 0.958. The average Bonchev–Trinajstić information content (AvgIpc) is 2.68. The lowest BCUT2D eigenvalue weighted by Crippen LogP contribution is -2.30. The highest BCUT2D eigenvalue weighted by Crippen LogP contribution is 2.16. The Labute approximate surface area is 89.1 Å². The summed E-state index contributed by atoms with van der Waals surface area (Å²) in [6.07, 6.45) is 6.13. The smallest absolute Gasteiger partial charge is 0.194 e. The van der Waals surface area contributed by atoms with Crippen LogP contribution in [0.5, 0.6) is 0 Å². The first-order chi connectivity index (χ1) is 7.38. The van der Waals surface area contributed by atoms with E-state index >= 15 is 0 Å². The number of aromatic nitrogens is 1. The molecule has 1 aliphatic heterocycles. The maximum Gasteiger partial charge on any atom is 0.194 e. The fraction of sp³-hybridized carbons (Fsp3) is 0.636. The molecule has 0 aromatic carbocycles. The number of rotatable bonds is 4. The van der Waals surface area contributed by atoms with E-state index < -0.39 is 0 Å². The first-order valence-electron chi connectivity index (χ1n) is 5.46. The summed E-state index contributed by atoms with van der Waals surface area (Å²) in [5.74, 6) is 1.39. The molecular weight excluding hydrogens is 192 g/mol. The van der Waals surface area contributed by atoms with Crippen LogP contribution in [0.4, 0.5) is 0 Å². The van der Waals surface area contributed by atoms with E-state index in [1.807, 2.05) is 0 Å². The quantitative estimate of drug-likeness (QED) is 0.749. The summed E-state index contributed by atoms with van der Waals surface area (Å²) >= 11 is 0. The summed E-state index contributed by atoms with van der Waals surface area (Å²) in [4.78, 5) is 14.6. The lowest BCUT2D eigenvalue weighted by molar-refractivity contribution is -0.107. The number of hydrogen-bond acceptors (Lipinski definition) is 4. The molecule has 1 unspecified atom stereocenters. The number of carbonyl (C=O) groups is 1. The maximum absolute atomic E-state index is 10.3. The van der Waals surface area contributed by atoms with Crippen LogP contribution in [-0.4, -0.2) is 24.4 Å². The molecule has 1 saturated heterocycles. The van der Waals surface area contributed by atoms with Gasteiger partial charge in [0.2, 0.25) is 0 Å². The highest BCUT2D eigenvalue weighted by atomic mass is 16.3. The molecule has 4 heteroatoms.